The van der Waals surface area contributed by atoms with Crippen molar-refractivity contribution >= 4 is 0 Å². The van der Waals surface area contributed by atoms with Crippen LogP contribution in [0.4, 0.5) is 0 Å². The standard InChI is InChI=1S/C16H33N3/c1-14(2)19-11-4-5-16(8-12-19)18(3)13-15-6-9-17-10-7-15/h14-17H,4-13H2,1-3H3. The fourth-order valence-corrected chi connectivity index (χ4v) is 3.68. The van der Waals surface area contributed by atoms with Crippen LogP contribution in [0.3, 0.4) is 0 Å². The molecule has 0 aromatic rings. The summed E-state index contributed by atoms with van der Waals surface area (Å²) in [7, 11) is 2.36. The molecule has 112 valence electrons. The molecular weight excluding hydrogens is 234 g/mol. The Hall–Kier alpha value is -0.120. The minimum atomic E-state index is 0.716. The van der Waals surface area contributed by atoms with Gasteiger partial charge in [-0.25, -0.2) is 0 Å². The molecule has 19 heavy (non-hydrogen) atoms. The Kier molecular flexibility index (Phi) is 6.11. The molecular formula is C16H33N3. The molecule has 0 radical (unpaired) electrons. The van der Waals surface area contributed by atoms with Crippen LogP contribution in [0.25, 0.3) is 0 Å². The van der Waals surface area contributed by atoms with E-state index in [0.29, 0.717) is 6.04 Å². The van der Waals surface area contributed by atoms with Gasteiger partial charge in [-0.15, -0.1) is 0 Å². The number of piperidine rings is 1. The number of likely N-dealkylation sites (tertiary alicyclic amines) is 1. The van der Waals surface area contributed by atoms with E-state index >= 15 is 0 Å². The highest BCUT2D eigenvalue weighted by molar-refractivity contribution is 4.80. The zero-order valence-corrected chi connectivity index (χ0v) is 13.2. The van der Waals surface area contributed by atoms with Crippen molar-refractivity contribution in [2.45, 2.75) is 58.0 Å². The summed E-state index contributed by atoms with van der Waals surface area (Å²) in [5, 5.41) is 3.47. The third kappa shape index (κ3) is 4.73. The lowest BCUT2D eigenvalue weighted by molar-refractivity contribution is 0.167. The van der Waals surface area contributed by atoms with Gasteiger partial charge in [0.1, 0.15) is 0 Å². The molecule has 0 bridgehead atoms. The fraction of sp³-hybridized carbons (Fsp3) is 1.00. The molecule has 1 atom stereocenters. The van der Waals surface area contributed by atoms with Crippen LogP contribution in [-0.2, 0) is 0 Å². The highest BCUT2D eigenvalue weighted by Crippen LogP contribution is 2.20. The second-order valence-electron chi connectivity index (χ2n) is 6.85. The molecule has 2 saturated heterocycles. The predicted octanol–water partition coefficient (Wildman–Crippen LogP) is 2.18. The van der Waals surface area contributed by atoms with Crippen LogP contribution in [0.5, 0.6) is 0 Å². The molecule has 3 heteroatoms. The van der Waals surface area contributed by atoms with Crippen molar-refractivity contribution in [3.8, 4) is 0 Å². The maximum atomic E-state index is 3.47. The summed E-state index contributed by atoms with van der Waals surface area (Å²) < 4.78 is 0. The van der Waals surface area contributed by atoms with Crippen LogP contribution < -0.4 is 5.32 Å². The monoisotopic (exact) mass is 267 g/mol. The van der Waals surface area contributed by atoms with E-state index in [1.54, 1.807) is 0 Å². The average Bonchev–Trinajstić information content (AvgIpc) is 2.65. The molecule has 2 fully saturated rings. The highest BCUT2D eigenvalue weighted by Gasteiger charge is 2.23. The summed E-state index contributed by atoms with van der Waals surface area (Å²) in [5.41, 5.74) is 0. The summed E-state index contributed by atoms with van der Waals surface area (Å²) in [6.45, 7) is 11.0. The van der Waals surface area contributed by atoms with Gasteiger partial charge in [0.15, 0.2) is 0 Å². The van der Waals surface area contributed by atoms with E-state index in [-0.39, 0.29) is 0 Å². The molecule has 1 N–H and O–H groups in total. The number of rotatable bonds is 4. The molecule has 2 rings (SSSR count). The van der Waals surface area contributed by atoms with Gasteiger partial charge in [-0.2, -0.15) is 0 Å². The quantitative estimate of drug-likeness (QED) is 0.842. The van der Waals surface area contributed by atoms with Crippen LogP contribution >= 0.6 is 0 Å². The SMILES string of the molecule is CC(C)N1CCCC(N(C)CC2CCNCC2)CC1. The van der Waals surface area contributed by atoms with Crippen LogP contribution in [0.1, 0.15) is 46.0 Å². The zero-order chi connectivity index (χ0) is 13.7. The zero-order valence-electron chi connectivity index (χ0n) is 13.2. The van der Waals surface area contributed by atoms with Crippen molar-refractivity contribution in [3.05, 3.63) is 0 Å². The molecule has 0 aliphatic carbocycles. The number of hydrogen-bond acceptors (Lipinski definition) is 3. The Bertz CT molecular complexity index is 248. The summed E-state index contributed by atoms with van der Waals surface area (Å²) in [5.74, 6) is 0.927. The van der Waals surface area contributed by atoms with Gasteiger partial charge in [-0.1, -0.05) is 0 Å². The Morgan fingerprint density at radius 3 is 2.53 bits per heavy atom. The van der Waals surface area contributed by atoms with Crippen molar-refractivity contribution in [1.29, 1.82) is 0 Å². The van der Waals surface area contributed by atoms with Gasteiger partial charge >= 0.3 is 0 Å². The number of nitrogens with one attached hydrogen (secondary N) is 1. The van der Waals surface area contributed by atoms with Gasteiger partial charge in [0, 0.05) is 18.6 Å². The summed E-state index contributed by atoms with van der Waals surface area (Å²) >= 11 is 0. The van der Waals surface area contributed by atoms with E-state index < -0.39 is 0 Å². The normalized spacial score (nSPS) is 27.9. The smallest absolute Gasteiger partial charge is 0.0105 e. The average molecular weight is 267 g/mol. The third-order valence-electron chi connectivity index (χ3n) is 5.09. The Morgan fingerprint density at radius 1 is 1.11 bits per heavy atom. The van der Waals surface area contributed by atoms with Crippen molar-refractivity contribution < 1.29 is 0 Å². The lowest BCUT2D eigenvalue weighted by Crippen LogP contribution is -2.40. The minimum absolute atomic E-state index is 0.716. The van der Waals surface area contributed by atoms with E-state index in [9.17, 15) is 0 Å². The number of hydrogen-bond donors (Lipinski definition) is 1. The van der Waals surface area contributed by atoms with Crippen molar-refractivity contribution in [2.24, 2.45) is 5.92 Å². The van der Waals surface area contributed by atoms with Gasteiger partial charge < -0.3 is 15.1 Å². The first-order valence-corrected chi connectivity index (χ1v) is 8.32. The first-order valence-electron chi connectivity index (χ1n) is 8.32. The van der Waals surface area contributed by atoms with Gasteiger partial charge in [0.05, 0.1) is 0 Å². The van der Waals surface area contributed by atoms with Crippen LogP contribution in [0, 0.1) is 5.92 Å². The van der Waals surface area contributed by atoms with Gasteiger partial charge in [-0.3, -0.25) is 0 Å². The molecule has 0 saturated carbocycles. The first-order chi connectivity index (χ1) is 9.16. The second kappa shape index (κ2) is 7.61. The molecule has 0 aromatic carbocycles. The van der Waals surface area contributed by atoms with Crippen molar-refractivity contribution in [2.75, 3.05) is 39.8 Å². The maximum absolute atomic E-state index is 3.47. The minimum Gasteiger partial charge on any atom is -0.317 e. The third-order valence-corrected chi connectivity index (χ3v) is 5.09. The van der Waals surface area contributed by atoms with E-state index in [1.807, 2.05) is 0 Å². The molecule has 2 aliphatic heterocycles. The molecule has 3 nitrogen and oxygen atoms in total. The van der Waals surface area contributed by atoms with E-state index in [0.717, 1.165) is 12.0 Å². The molecule has 2 heterocycles. The van der Waals surface area contributed by atoms with Crippen LogP contribution in [0.2, 0.25) is 0 Å². The van der Waals surface area contributed by atoms with E-state index in [2.05, 4.69) is 36.0 Å². The molecule has 0 spiro atoms. The maximum Gasteiger partial charge on any atom is 0.0105 e. The van der Waals surface area contributed by atoms with Gasteiger partial charge in [0.2, 0.25) is 0 Å². The summed E-state index contributed by atoms with van der Waals surface area (Å²) in [4.78, 5) is 5.32. The van der Waals surface area contributed by atoms with Crippen molar-refractivity contribution in [3.63, 3.8) is 0 Å². The first kappa shape index (κ1) is 15.3. The fourth-order valence-electron chi connectivity index (χ4n) is 3.68. The molecule has 0 amide bonds. The van der Waals surface area contributed by atoms with Crippen molar-refractivity contribution in [1.82, 2.24) is 15.1 Å². The van der Waals surface area contributed by atoms with Gasteiger partial charge in [-0.05, 0) is 85.1 Å². The highest BCUT2D eigenvalue weighted by atomic mass is 15.2. The molecule has 2 aliphatic rings. The Labute approximate surface area is 119 Å². The Balaban J connectivity index is 1.77. The predicted molar refractivity (Wildman–Crippen MR) is 82.6 cm³/mol. The van der Waals surface area contributed by atoms with Crippen LogP contribution in [0.15, 0.2) is 0 Å². The topological polar surface area (TPSA) is 18.5 Å². The van der Waals surface area contributed by atoms with Crippen LogP contribution in [-0.4, -0.2) is 61.7 Å². The number of nitrogens with zero attached hydrogens (tertiary/aromatic N) is 2. The summed E-state index contributed by atoms with van der Waals surface area (Å²) in [6, 6.07) is 1.53. The molecule has 1 unspecified atom stereocenters. The molecule has 0 aromatic heterocycles. The van der Waals surface area contributed by atoms with E-state index in [1.165, 1.54) is 64.8 Å². The van der Waals surface area contributed by atoms with Gasteiger partial charge in [0.25, 0.3) is 0 Å². The lowest BCUT2D eigenvalue weighted by Gasteiger charge is -2.33. The Morgan fingerprint density at radius 2 is 1.84 bits per heavy atom. The largest absolute Gasteiger partial charge is 0.317 e. The second-order valence-corrected chi connectivity index (χ2v) is 6.85. The summed E-state index contributed by atoms with van der Waals surface area (Å²) in [6.07, 6.45) is 6.87. The lowest BCUT2D eigenvalue weighted by atomic mass is 9.96. The van der Waals surface area contributed by atoms with E-state index in [4.69, 9.17) is 0 Å².